The maximum atomic E-state index is 12.8. The van der Waals surface area contributed by atoms with Crippen LogP contribution in [-0.2, 0) is 4.79 Å². The van der Waals surface area contributed by atoms with Crippen LogP contribution >= 0.6 is 27.5 Å². The molecule has 1 aliphatic rings. The minimum Gasteiger partial charge on any atom is -0.494 e. The highest BCUT2D eigenvalue weighted by Crippen LogP contribution is 2.34. The SMILES string of the molecule is CCOc1ccc(C2=CCC(Cl)C(=O)N2CC(F)F)c(Br)c1. The number of hydrogen-bond acceptors (Lipinski definition) is 2. The van der Waals surface area contributed by atoms with Crippen molar-refractivity contribution in [2.45, 2.75) is 25.1 Å². The van der Waals surface area contributed by atoms with Crippen LogP contribution in [0.3, 0.4) is 0 Å². The molecule has 1 amide bonds. The monoisotopic (exact) mass is 393 g/mol. The Morgan fingerprint density at radius 1 is 1.50 bits per heavy atom. The number of allylic oxidation sites excluding steroid dienone is 1. The molecule has 0 N–H and O–H groups in total. The van der Waals surface area contributed by atoms with Crippen molar-refractivity contribution in [2.75, 3.05) is 13.2 Å². The Morgan fingerprint density at radius 2 is 2.23 bits per heavy atom. The molecule has 22 heavy (non-hydrogen) atoms. The normalized spacial score (nSPS) is 18.6. The van der Waals surface area contributed by atoms with Gasteiger partial charge in [-0.25, -0.2) is 8.78 Å². The fourth-order valence-corrected chi connectivity index (χ4v) is 3.02. The van der Waals surface area contributed by atoms with Crippen LogP contribution < -0.4 is 4.74 Å². The Balaban J connectivity index is 2.37. The molecule has 120 valence electrons. The van der Waals surface area contributed by atoms with Crippen LogP contribution in [0.2, 0.25) is 0 Å². The molecule has 0 radical (unpaired) electrons. The number of hydrogen-bond donors (Lipinski definition) is 0. The lowest BCUT2D eigenvalue weighted by Gasteiger charge is -2.31. The molecule has 0 aliphatic carbocycles. The van der Waals surface area contributed by atoms with Crippen LogP contribution in [0.4, 0.5) is 8.78 Å². The van der Waals surface area contributed by atoms with E-state index in [1.165, 1.54) is 0 Å². The topological polar surface area (TPSA) is 29.5 Å². The van der Waals surface area contributed by atoms with Crippen molar-refractivity contribution in [1.82, 2.24) is 4.90 Å². The fraction of sp³-hybridized carbons (Fsp3) is 0.400. The second kappa shape index (κ2) is 7.42. The molecule has 1 unspecified atom stereocenters. The quantitative estimate of drug-likeness (QED) is 0.697. The number of carbonyl (C=O) groups is 1. The Kier molecular flexibility index (Phi) is 5.81. The van der Waals surface area contributed by atoms with Crippen LogP contribution in [0.1, 0.15) is 18.9 Å². The van der Waals surface area contributed by atoms with E-state index in [0.717, 1.165) is 4.90 Å². The number of benzene rings is 1. The Morgan fingerprint density at radius 3 is 2.82 bits per heavy atom. The Bertz CT molecular complexity index is 595. The molecular formula is C15H15BrClF2NO2. The first kappa shape index (κ1) is 17.2. The molecule has 0 aromatic heterocycles. The van der Waals surface area contributed by atoms with Crippen molar-refractivity contribution >= 4 is 39.1 Å². The van der Waals surface area contributed by atoms with E-state index in [1.807, 2.05) is 6.92 Å². The van der Waals surface area contributed by atoms with Crippen LogP contribution in [-0.4, -0.2) is 35.8 Å². The van der Waals surface area contributed by atoms with Crippen molar-refractivity contribution in [3.8, 4) is 5.75 Å². The lowest BCUT2D eigenvalue weighted by Crippen LogP contribution is -2.41. The van der Waals surface area contributed by atoms with Gasteiger partial charge in [0.25, 0.3) is 6.43 Å². The molecule has 1 heterocycles. The summed E-state index contributed by atoms with van der Waals surface area (Å²) in [6.45, 7) is 1.72. The lowest BCUT2D eigenvalue weighted by atomic mass is 10.0. The van der Waals surface area contributed by atoms with Crippen LogP contribution in [0, 0.1) is 0 Å². The minimum absolute atomic E-state index is 0.315. The standard InChI is InChI=1S/C15H15BrClF2NO2/c1-2-22-9-3-4-10(11(16)7-9)13-6-5-12(17)15(21)20(13)8-14(18)19/h3-4,6-7,12,14H,2,5,8H2,1H3. The van der Waals surface area contributed by atoms with Crippen molar-refractivity contribution in [2.24, 2.45) is 0 Å². The molecule has 7 heteroatoms. The first-order valence-corrected chi connectivity index (χ1v) is 8.03. The summed E-state index contributed by atoms with van der Waals surface area (Å²) in [5.41, 5.74) is 1.10. The van der Waals surface area contributed by atoms with Crippen LogP contribution in [0.5, 0.6) is 5.75 Å². The van der Waals surface area contributed by atoms with Crippen molar-refractivity contribution in [3.63, 3.8) is 0 Å². The van der Waals surface area contributed by atoms with Gasteiger partial charge in [0.1, 0.15) is 11.1 Å². The van der Waals surface area contributed by atoms with Crippen molar-refractivity contribution < 1.29 is 18.3 Å². The second-order valence-electron chi connectivity index (χ2n) is 4.71. The summed E-state index contributed by atoms with van der Waals surface area (Å²) < 4.78 is 31.6. The molecule has 0 fully saturated rings. The van der Waals surface area contributed by atoms with Crippen LogP contribution in [0.15, 0.2) is 28.7 Å². The molecule has 0 saturated heterocycles. The lowest BCUT2D eigenvalue weighted by molar-refractivity contribution is -0.129. The number of ether oxygens (including phenoxy) is 1. The number of nitrogens with zero attached hydrogens (tertiary/aromatic N) is 1. The van der Waals surface area contributed by atoms with Gasteiger partial charge in [0.05, 0.1) is 13.2 Å². The molecule has 0 bridgehead atoms. The average Bonchev–Trinajstić information content (AvgIpc) is 2.45. The smallest absolute Gasteiger partial charge is 0.256 e. The highest BCUT2D eigenvalue weighted by molar-refractivity contribution is 9.10. The van der Waals surface area contributed by atoms with Crippen LogP contribution in [0.25, 0.3) is 5.70 Å². The van der Waals surface area contributed by atoms with Gasteiger partial charge in [0, 0.05) is 15.7 Å². The number of halogens is 4. The van der Waals surface area contributed by atoms with E-state index in [9.17, 15) is 13.6 Å². The van der Waals surface area contributed by atoms with Gasteiger partial charge in [-0.3, -0.25) is 4.79 Å². The predicted molar refractivity (Wildman–Crippen MR) is 85.3 cm³/mol. The molecule has 0 saturated carbocycles. The third kappa shape index (κ3) is 3.79. The first-order chi connectivity index (χ1) is 10.4. The van der Waals surface area contributed by atoms with E-state index >= 15 is 0 Å². The summed E-state index contributed by atoms with van der Waals surface area (Å²) in [6, 6.07) is 5.22. The summed E-state index contributed by atoms with van der Waals surface area (Å²) in [6.07, 6.45) is -0.604. The third-order valence-electron chi connectivity index (χ3n) is 3.19. The van der Waals surface area contributed by atoms with E-state index in [2.05, 4.69) is 15.9 Å². The van der Waals surface area contributed by atoms with E-state index in [0.29, 0.717) is 34.5 Å². The molecule has 1 atom stereocenters. The van der Waals surface area contributed by atoms with E-state index in [1.54, 1.807) is 24.3 Å². The summed E-state index contributed by atoms with van der Waals surface area (Å²) in [5.74, 6) is 0.164. The maximum Gasteiger partial charge on any atom is 0.256 e. The van der Waals surface area contributed by atoms with E-state index in [-0.39, 0.29) is 0 Å². The molecule has 3 nitrogen and oxygen atoms in total. The number of amides is 1. The largest absolute Gasteiger partial charge is 0.494 e. The van der Waals surface area contributed by atoms with Gasteiger partial charge >= 0.3 is 0 Å². The Hall–Kier alpha value is -1.14. The summed E-state index contributed by atoms with van der Waals surface area (Å²) in [7, 11) is 0. The maximum absolute atomic E-state index is 12.8. The third-order valence-corrected chi connectivity index (χ3v) is 4.21. The van der Waals surface area contributed by atoms with Crippen molar-refractivity contribution in [3.05, 3.63) is 34.3 Å². The number of rotatable bonds is 5. The molecule has 2 rings (SSSR count). The summed E-state index contributed by atoms with van der Waals surface area (Å²) >= 11 is 9.29. The molecule has 1 aromatic rings. The van der Waals surface area contributed by atoms with Gasteiger partial charge in [0.2, 0.25) is 5.91 Å². The summed E-state index contributed by atoms with van der Waals surface area (Å²) in [5, 5.41) is -0.802. The zero-order chi connectivity index (χ0) is 16.3. The van der Waals surface area contributed by atoms with Gasteiger partial charge in [-0.2, -0.15) is 0 Å². The molecular weight excluding hydrogens is 380 g/mol. The second-order valence-corrected chi connectivity index (χ2v) is 6.09. The van der Waals surface area contributed by atoms with Gasteiger partial charge in [-0.1, -0.05) is 6.08 Å². The summed E-state index contributed by atoms with van der Waals surface area (Å²) in [4.78, 5) is 13.2. The molecule has 1 aromatic carbocycles. The number of carbonyl (C=O) groups excluding carboxylic acids is 1. The Labute approximate surface area is 141 Å². The fourth-order valence-electron chi connectivity index (χ4n) is 2.26. The zero-order valence-corrected chi connectivity index (χ0v) is 14.2. The molecule has 0 spiro atoms. The van der Waals surface area contributed by atoms with Crippen molar-refractivity contribution in [1.29, 1.82) is 0 Å². The van der Waals surface area contributed by atoms with Gasteiger partial charge in [-0.05, 0) is 47.5 Å². The highest BCUT2D eigenvalue weighted by atomic mass is 79.9. The van der Waals surface area contributed by atoms with Gasteiger partial charge in [0.15, 0.2) is 0 Å². The average molecular weight is 395 g/mol. The number of alkyl halides is 3. The van der Waals surface area contributed by atoms with Gasteiger partial charge < -0.3 is 9.64 Å². The van der Waals surface area contributed by atoms with Gasteiger partial charge in [-0.15, -0.1) is 11.6 Å². The first-order valence-electron chi connectivity index (χ1n) is 6.80. The highest BCUT2D eigenvalue weighted by Gasteiger charge is 2.32. The zero-order valence-electron chi connectivity index (χ0n) is 11.9. The molecule has 1 aliphatic heterocycles. The predicted octanol–water partition coefficient (Wildman–Crippen LogP) is 4.29. The minimum atomic E-state index is -2.63. The van der Waals surface area contributed by atoms with E-state index < -0.39 is 24.3 Å². The van der Waals surface area contributed by atoms with E-state index in [4.69, 9.17) is 16.3 Å².